The highest BCUT2D eigenvalue weighted by molar-refractivity contribution is 7.14. The van der Waals surface area contributed by atoms with Gasteiger partial charge in [-0.3, -0.25) is 4.79 Å². The third-order valence-corrected chi connectivity index (χ3v) is 5.45. The fourth-order valence-electron chi connectivity index (χ4n) is 3.06. The molecule has 3 N–H and O–H groups in total. The molecule has 0 fully saturated rings. The number of fused-ring (bicyclic) bond motifs is 1. The topological polar surface area (TPSA) is 99.8 Å². The Balaban J connectivity index is 1.73. The number of nitrogens with one attached hydrogen (secondary N) is 1. The van der Waals surface area contributed by atoms with Gasteiger partial charge in [0, 0.05) is 16.2 Å². The summed E-state index contributed by atoms with van der Waals surface area (Å²) in [6, 6.07) is 3.42. The van der Waals surface area contributed by atoms with Gasteiger partial charge < -0.3 is 19.9 Å². The minimum Gasteiger partial charge on any atom is -0.503 e. The Morgan fingerprint density at radius 1 is 1.17 bits per heavy atom. The number of hydrogen-bond acceptors (Lipinski definition) is 5. The lowest BCUT2D eigenvalue weighted by Gasteiger charge is -2.07. The van der Waals surface area contributed by atoms with Gasteiger partial charge in [0.1, 0.15) is 11.0 Å². The number of furan rings is 1. The first-order valence-electron chi connectivity index (χ1n) is 8.50. The maximum absolute atomic E-state index is 14.3. The van der Waals surface area contributed by atoms with E-state index in [0.29, 0.717) is 5.42 Å². The van der Waals surface area contributed by atoms with E-state index in [4.69, 9.17) is 4.42 Å². The van der Waals surface area contributed by atoms with Crippen molar-refractivity contribution in [1.82, 2.24) is 0 Å². The number of amides is 1. The highest BCUT2D eigenvalue weighted by atomic mass is 32.1. The van der Waals surface area contributed by atoms with Crippen molar-refractivity contribution in [2.45, 2.75) is 12.8 Å². The van der Waals surface area contributed by atoms with E-state index in [2.05, 4.69) is 5.32 Å². The van der Waals surface area contributed by atoms with Crippen LogP contribution >= 0.6 is 11.3 Å². The monoisotopic (exact) mass is 417 g/mol. The summed E-state index contributed by atoms with van der Waals surface area (Å²) in [4.78, 5) is 24.2. The highest BCUT2D eigenvalue weighted by Gasteiger charge is 2.25. The average Bonchev–Trinajstić information content (AvgIpc) is 3.30. The number of phenolic OH excluding ortho intramolecular Hbond substituents is 1. The zero-order chi connectivity index (χ0) is 20.7. The largest absolute Gasteiger partial charge is 0.503 e. The molecule has 1 aliphatic carbocycles. The molecule has 0 aliphatic heterocycles. The van der Waals surface area contributed by atoms with Crippen LogP contribution in [0.1, 0.15) is 33.8 Å². The predicted octanol–water partition coefficient (Wildman–Crippen LogP) is 3.30. The van der Waals surface area contributed by atoms with Crippen LogP contribution in [0, 0.1) is 11.6 Å². The molecular weight excluding hydrogens is 404 g/mol. The van der Waals surface area contributed by atoms with Crippen molar-refractivity contribution in [1.29, 1.82) is 0 Å². The number of carbonyl (C=O) groups excluding carboxylic acids is 1. The zero-order valence-electron chi connectivity index (χ0n) is 14.7. The Morgan fingerprint density at radius 2 is 1.93 bits per heavy atom. The first-order valence-corrected chi connectivity index (χ1v) is 9.38. The van der Waals surface area contributed by atoms with Crippen molar-refractivity contribution >= 4 is 41.1 Å². The Hall–Kier alpha value is -3.46. The van der Waals surface area contributed by atoms with Gasteiger partial charge in [-0.25, -0.2) is 13.6 Å². The van der Waals surface area contributed by atoms with Crippen LogP contribution in [0.5, 0.6) is 5.75 Å². The van der Waals surface area contributed by atoms with Gasteiger partial charge in [0.15, 0.2) is 23.1 Å². The molecule has 148 valence electrons. The molecule has 4 rings (SSSR count). The third-order valence-electron chi connectivity index (χ3n) is 4.44. The first-order chi connectivity index (χ1) is 13.9. The predicted molar refractivity (Wildman–Crippen MR) is 102 cm³/mol. The molecule has 2 aromatic heterocycles. The van der Waals surface area contributed by atoms with Gasteiger partial charge in [-0.1, -0.05) is 6.08 Å². The van der Waals surface area contributed by atoms with Crippen molar-refractivity contribution in [2.75, 3.05) is 5.32 Å². The van der Waals surface area contributed by atoms with Gasteiger partial charge in [-0.2, -0.15) is 0 Å². The van der Waals surface area contributed by atoms with Crippen LogP contribution in [0.2, 0.25) is 0 Å². The molecule has 0 bridgehead atoms. The number of aromatic carboxylic acids is 1. The van der Waals surface area contributed by atoms with E-state index >= 15 is 0 Å². The van der Waals surface area contributed by atoms with Gasteiger partial charge in [-0.15, -0.1) is 11.3 Å². The van der Waals surface area contributed by atoms with Crippen LogP contribution in [0.25, 0.3) is 22.6 Å². The number of carboxylic acids is 1. The second kappa shape index (κ2) is 7.17. The van der Waals surface area contributed by atoms with Crippen molar-refractivity contribution < 1.29 is 33.0 Å². The lowest BCUT2D eigenvalue weighted by atomic mass is 10.1. The number of benzene rings is 1. The number of thiophene rings is 1. The quantitative estimate of drug-likeness (QED) is 0.605. The van der Waals surface area contributed by atoms with Crippen LogP contribution in [-0.2, 0) is 0 Å². The number of halogens is 2. The van der Waals surface area contributed by atoms with Crippen molar-refractivity contribution in [3.8, 4) is 16.2 Å². The maximum Gasteiger partial charge on any atom is 0.339 e. The van der Waals surface area contributed by atoms with Gasteiger partial charge in [0.2, 0.25) is 0 Å². The number of carbonyl (C=O) groups is 2. The second-order valence-electron chi connectivity index (χ2n) is 6.29. The summed E-state index contributed by atoms with van der Waals surface area (Å²) in [5.41, 5.74) is -0.144. The van der Waals surface area contributed by atoms with Gasteiger partial charge in [0.05, 0.1) is 10.6 Å². The molecule has 0 saturated carbocycles. The molecule has 1 aromatic carbocycles. The molecule has 2 heterocycles. The smallest absolute Gasteiger partial charge is 0.339 e. The van der Waals surface area contributed by atoms with Gasteiger partial charge >= 0.3 is 5.97 Å². The Labute approximate surface area is 166 Å². The summed E-state index contributed by atoms with van der Waals surface area (Å²) in [6.07, 6.45) is 5.43. The minimum atomic E-state index is -1.42. The summed E-state index contributed by atoms with van der Waals surface area (Å²) in [5, 5.41) is 23.6. The number of aromatic hydroxyl groups is 1. The number of phenols is 1. The number of hydrogen-bond donors (Lipinski definition) is 3. The molecule has 0 spiro atoms. The molecule has 6 nitrogen and oxygen atoms in total. The fraction of sp³-hybridized carbons (Fsp3) is 0.100. The summed E-state index contributed by atoms with van der Waals surface area (Å²) in [5.74, 6) is -5.71. The zero-order valence-corrected chi connectivity index (χ0v) is 15.5. The molecule has 3 aromatic rings. The third kappa shape index (κ3) is 3.29. The molecular formula is C20H13F2NO5S. The maximum atomic E-state index is 14.3. The second-order valence-corrected chi connectivity index (χ2v) is 7.17. The van der Waals surface area contributed by atoms with E-state index in [1.807, 2.05) is 12.2 Å². The Morgan fingerprint density at radius 3 is 2.66 bits per heavy atom. The van der Waals surface area contributed by atoms with Crippen molar-refractivity contribution in [3.05, 3.63) is 57.2 Å². The molecule has 29 heavy (non-hydrogen) atoms. The van der Waals surface area contributed by atoms with Crippen LogP contribution in [0.4, 0.5) is 14.5 Å². The van der Waals surface area contributed by atoms with E-state index in [-0.39, 0.29) is 27.5 Å². The standard InChI is InChI=1S/C20H13F2NO5S/c21-11-6-5-10(16(22)17(11)24)18-15(20(26)27)12(8-29-18)23-19(25)14-7-9-3-1-2-4-13(9)28-14/h3-8,24H,1-2H2,(H,23,25)(H,26,27). The average molecular weight is 417 g/mol. The number of anilines is 1. The summed E-state index contributed by atoms with van der Waals surface area (Å²) < 4.78 is 33.1. The molecule has 0 radical (unpaired) electrons. The Kier molecular flexibility index (Phi) is 4.67. The van der Waals surface area contributed by atoms with E-state index in [9.17, 15) is 28.6 Å². The Bertz CT molecular complexity index is 1240. The van der Waals surface area contributed by atoms with E-state index in [0.717, 1.165) is 41.5 Å². The molecule has 1 amide bonds. The van der Waals surface area contributed by atoms with Gasteiger partial charge in [-0.05, 0) is 37.1 Å². The van der Waals surface area contributed by atoms with E-state index in [1.54, 1.807) is 6.07 Å². The summed E-state index contributed by atoms with van der Waals surface area (Å²) >= 11 is 0.839. The molecule has 1 aliphatic rings. The SMILES string of the molecule is O=C(Nc1csc(-c2ccc(F)c(O)c2F)c1C(=O)O)c1cc2c(o1)=CCCC=2. The van der Waals surface area contributed by atoms with Gasteiger partial charge in [0.25, 0.3) is 5.91 Å². The highest BCUT2D eigenvalue weighted by Crippen LogP contribution is 2.40. The lowest BCUT2D eigenvalue weighted by molar-refractivity contribution is 0.0699. The van der Waals surface area contributed by atoms with Crippen molar-refractivity contribution in [3.63, 3.8) is 0 Å². The summed E-state index contributed by atoms with van der Waals surface area (Å²) in [6.45, 7) is 0. The molecule has 9 heteroatoms. The first kappa shape index (κ1) is 18.9. The molecule has 0 unspecified atom stereocenters. The van der Waals surface area contributed by atoms with Crippen molar-refractivity contribution in [2.24, 2.45) is 0 Å². The van der Waals surface area contributed by atoms with Crippen LogP contribution in [-0.4, -0.2) is 22.1 Å². The normalized spacial score (nSPS) is 12.6. The lowest BCUT2D eigenvalue weighted by Crippen LogP contribution is -2.21. The number of carboxylic acid groups (broad SMARTS) is 1. The van der Waals surface area contributed by atoms with E-state index in [1.165, 1.54) is 5.38 Å². The number of rotatable bonds is 4. The fourth-order valence-corrected chi connectivity index (χ4v) is 4.08. The van der Waals surface area contributed by atoms with Crippen LogP contribution in [0.15, 0.2) is 28.0 Å². The van der Waals surface area contributed by atoms with Crippen LogP contribution < -0.4 is 16.0 Å². The van der Waals surface area contributed by atoms with Crippen LogP contribution in [0.3, 0.4) is 0 Å². The minimum absolute atomic E-state index is 0.0131. The molecule has 0 saturated heterocycles. The summed E-state index contributed by atoms with van der Waals surface area (Å²) in [7, 11) is 0. The molecule has 0 atom stereocenters. The van der Waals surface area contributed by atoms with E-state index < -0.39 is 29.3 Å².